The van der Waals surface area contributed by atoms with Crippen LogP contribution in [0.4, 0.5) is 13.9 Å². The van der Waals surface area contributed by atoms with Crippen molar-refractivity contribution in [2.45, 2.75) is 48.8 Å². The molecule has 5 nitrogen and oxygen atoms in total. The summed E-state index contributed by atoms with van der Waals surface area (Å²) in [6.45, 7) is 0. The molecule has 2 fully saturated rings. The van der Waals surface area contributed by atoms with Crippen LogP contribution in [0.1, 0.15) is 44.1 Å². The minimum Gasteiger partial charge on any atom is -0.301 e. The van der Waals surface area contributed by atoms with Crippen molar-refractivity contribution in [1.29, 1.82) is 0 Å². The summed E-state index contributed by atoms with van der Waals surface area (Å²) in [7, 11) is -3.78. The van der Waals surface area contributed by atoms with Crippen LogP contribution in [0, 0.1) is 23.6 Å². The Balaban J connectivity index is 1.75. The maximum Gasteiger partial charge on any atom is 0.237 e. The number of rotatable bonds is 5. The first kappa shape index (κ1) is 20.4. The molecule has 1 N–H and O–H groups in total. The molecule has 4 rings (SSSR count). The highest BCUT2D eigenvalue weighted by Crippen LogP contribution is 2.61. The van der Waals surface area contributed by atoms with E-state index in [0.717, 1.165) is 49.7 Å². The van der Waals surface area contributed by atoms with Crippen molar-refractivity contribution in [1.82, 2.24) is 4.98 Å². The van der Waals surface area contributed by atoms with Crippen molar-refractivity contribution in [2.24, 2.45) is 11.8 Å². The monoisotopic (exact) mass is 440 g/mol. The smallest absolute Gasteiger partial charge is 0.237 e. The average Bonchev–Trinajstić information content (AvgIpc) is 3.31. The second-order valence-corrected chi connectivity index (χ2v) is 10.8. The summed E-state index contributed by atoms with van der Waals surface area (Å²) < 4.78 is 52.6. The number of hydrogen-bond donors (Lipinski definition) is 1. The van der Waals surface area contributed by atoms with Crippen molar-refractivity contribution in [3.8, 4) is 0 Å². The van der Waals surface area contributed by atoms with Crippen LogP contribution in [0.15, 0.2) is 28.5 Å². The molecular formula is C20H22F2N2O3S2. The van der Waals surface area contributed by atoms with Crippen molar-refractivity contribution in [3.05, 3.63) is 40.9 Å². The number of hydrogen-bond acceptors (Lipinski definition) is 5. The first-order valence-electron chi connectivity index (χ1n) is 9.65. The molecule has 1 amide bonds. The summed E-state index contributed by atoms with van der Waals surface area (Å²) in [5, 5.41) is 3.92. The van der Waals surface area contributed by atoms with Crippen molar-refractivity contribution < 1.29 is 22.0 Å². The number of benzene rings is 1. The van der Waals surface area contributed by atoms with E-state index in [1.165, 1.54) is 23.6 Å². The molecule has 0 spiro atoms. The quantitative estimate of drug-likeness (QED) is 0.752. The van der Waals surface area contributed by atoms with Gasteiger partial charge in [0.15, 0.2) is 15.0 Å². The fourth-order valence-electron chi connectivity index (χ4n) is 4.75. The lowest BCUT2D eigenvalue weighted by Gasteiger charge is -2.26. The molecule has 2 saturated carbocycles. The second kappa shape index (κ2) is 7.43. The second-order valence-electron chi connectivity index (χ2n) is 8.00. The van der Waals surface area contributed by atoms with E-state index in [1.54, 1.807) is 0 Å². The maximum absolute atomic E-state index is 15.3. The van der Waals surface area contributed by atoms with Crippen molar-refractivity contribution in [3.63, 3.8) is 0 Å². The number of amides is 1. The van der Waals surface area contributed by atoms with Gasteiger partial charge in [0.2, 0.25) is 11.9 Å². The lowest BCUT2D eigenvalue weighted by Crippen LogP contribution is -2.33. The Kier molecular flexibility index (Phi) is 5.23. The molecule has 9 heteroatoms. The highest BCUT2D eigenvalue weighted by Gasteiger charge is 2.64. The molecule has 1 aromatic heterocycles. The van der Waals surface area contributed by atoms with Gasteiger partial charge in [-0.25, -0.2) is 12.8 Å². The molecule has 0 aliphatic heterocycles. The van der Waals surface area contributed by atoms with E-state index >= 15 is 4.39 Å². The van der Waals surface area contributed by atoms with Crippen molar-refractivity contribution >= 4 is 32.2 Å². The summed E-state index contributed by atoms with van der Waals surface area (Å²) in [5.41, 5.74) is -1.06. The lowest BCUT2D eigenvalue weighted by atomic mass is 9.80. The van der Waals surface area contributed by atoms with Crippen LogP contribution in [0.2, 0.25) is 0 Å². The predicted octanol–water partition coefficient (Wildman–Crippen LogP) is 4.30. The first-order valence-corrected chi connectivity index (χ1v) is 12.4. The molecule has 2 atom stereocenters. The van der Waals surface area contributed by atoms with E-state index in [-0.39, 0.29) is 22.5 Å². The molecule has 0 radical (unpaired) electrons. The molecule has 29 heavy (non-hydrogen) atoms. The van der Waals surface area contributed by atoms with Gasteiger partial charge in [0.05, 0.1) is 5.41 Å². The Bertz CT molecular complexity index is 1050. The average molecular weight is 441 g/mol. The molecule has 0 saturated heterocycles. The van der Waals surface area contributed by atoms with Crippen molar-refractivity contribution in [2.75, 3.05) is 11.6 Å². The summed E-state index contributed by atoms with van der Waals surface area (Å²) in [6.07, 6.45) is 6.63. The number of thiazole rings is 1. The van der Waals surface area contributed by atoms with Gasteiger partial charge in [-0.05, 0) is 24.3 Å². The largest absolute Gasteiger partial charge is 0.301 e. The third-order valence-corrected chi connectivity index (χ3v) is 8.02. The predicted molar refractivity (Wildman–Crippen MR) is 107 cm³/mol. The Labute approximate surface area is 172 Å². The van der Waals surface area contributed by atoms with E-state index in [9.17, 15) is 17.6 Å². The van der Waals surface area contributed by atoms with Gasteiger partial charge in [0.25, 0.3) is 0 Å². The number of nitrogens with zero attached hydrogens (tertiary/aromatic N) is 1. The summed E-state index contributed by atoms with van der Waals surface area (Å²) in [5.74, 6) is -1.80. The molecule has 1 heterocycles. The van der Waals surface area contributed by atoms with Gasteiger partial charge in [-0.15, -0.1) is 11.3 Å². The van der Waals surface area contributed by atoms with Gasteiger partial charge in [-0.3, -0.25) is 4.79 Å². The highest BCUT2D eigenvalue weighted by atomic mass is 32.2. The Morgan fingerprint density at radius 1 is 1.24 bits per heavy atom. The zero-order valence-electron chi connectivity index (χ0n) is 16.0. The standard InChI is InChI=1S/C20H22F2N2O3S2/c1-29(26,27)15-9-5-8-13(17(15)22)20(10-14(20)12-6-3-2-4-7-12)18(25)24-19-23-16(21)11-28-19/h5,8-9,11-12,14H,2-4,6-7,10H2,1H3,(H,23,24,25)/t14-,20-/m0/s1. The molecule has 0 unspecified atom stereocenters. The van der Waals surface area contributed by atoms with E-state index < -0.39 is 37.8 Å². The molecular weight excluding hydrogens is 418 g/mol. The highest BCUT2D eigenvalue weighted by molar-refractivity contribution is 7.90. The van der Waals surface area contributed by atoms with E-state index in [1.807, 2.05) is 0 Å². The van der Waals surface area contributed by atoms with E-state index in [2.05, 4.69) is 10.3 Å². The van der Waals surface area contributed by atoms with Crippen LogP contribution in [0.5, 0.6) is 0 Å². The summed E-state index contributed by atoms with van der Waals surface area (Å²) in [4.78, 5) is 16.5. The third-order valence-electron chi connectivity index (χ3n) is 6.18. The minimum absolute atomic E-state index is 0.0723. The first-order chi connectivity index (χ1) is 13.7. The fourth-order valence-corrected chi connectivity index (χ4v) is 6.06. The Morgan fingerprint density at radius 3 is 2.59 bits per heavy atom. The van der Waals surface area contributed by atoms with Gasteiger partial charge < -0.3 is 5.32 Å². The van der Waals surface area contributed by atoms with Crippen LogP contribution < -0.4 is 5.32 Å². The Hall–Kier alpha value is -1.87. The zero-order valence-corrected chi connectivity index (χ0v) is 17.6. The summed E-state index contributed by atoms with van der Waals surface area (Å²) >= 11 is 0.958. The molecule has 2 aromatic rings. The SMILES string of the molecule is CS(=O)(=O)c1cccc([C@@]2(C(=O)Nc3nc(F)cs3)C[C@H]2C2CCCCC2)c1F. The van der Waals surface area contributed by atoms with E-state index in [0.29, 0.717) is 6.42 Å². The maximum atomic E-state index is 15.3. The number of sulfone groups is 1. The number of aromatic nitrogens is 1. The van der Waals surface area contributed by atoms with Gasteiger partial charge in [-0.1, -0.05) is 44.2 Å². The fraction of sp³-hybridized carbons (Fsp3) is 0.500. The van der Waals surface area contributed by atoms with Gasteiger partial charge in [-0.2, -0.15) is 9.37 Å². The third kappa shape index (κ3) is 3.70. The normalized spacial score (nSPS) is 25.0. The lowest BCUT2D eigenvalue weighted by molar-refractivity contribution is -0.119. The van der Waals surface area contributed by atoms with Crippen LogP contribution in [0.25, 0.3) is 0 Å². The number of halogens is 2. The summed E-state index contributed by atoms with van der Waals surface area (Å²) in [6, 6.07) is 4.19. The van der Waals surface area contributed by atoms with Gasteiger partial charge in [0.1, 0.15) is 10.7 Å². The number of nitrogens with one attached hydrogen (secondary N) is 1. The topological polar surface area (TPSA) is 76.1 Å². The molecule has 156 valence electrons. The molecule has 0 bridgehead atoms. The number of anilines is 1. The van der Waals surface area contributed by atoms with Crippen LogP contribution >= 0.6 is 11.3 Å². The molecule has 2 aliphatic rings. The van der Waals surface area contributed by atoms with Crippen LogP contribution in [0.3, 0.4) is 0 Å². The van der Waals surface area contributed by atoms with E-state index in [4.69, 9.17) is 0 Å². The zero-order chi connectivity index (χ0) is 20.8. The number of carbonyl (C=O) groups excluding carboxylic acids is 1. The van der Waals surface area contributed by atoms with Gasteiger partial charge in [0, 0.05) is 17.2 Å². The molecule has 2 aliphatic carbocycles. The Morgan fingerprint density at radius 2 is 1.97 bits per heavy atom. The minimum atomic E-state index is -3.78. The van der Waals surface area contributed by atoms with Crippen LogP contribution in [-0.2, 0) is 20.0 Å². The van der Waals surface area contributed by atoms with Gasteiger partial charge >= 0.3 is 0 Å². The molecule has 1 aromatic carbocycles. The number of carbonyl (C=O) groups is 1. The van der Waals surface area contributed by atoms with Crippen LogP contribution in [-0.4, -0.2) is 25.6 Å².